The van der Waals surface area contributed by atoms with Crippen molar-refractivity contribution in [3.8, 4) is 0 Å². The molecule has 2 nitrogen and oxygen atoms in total. The van der Waals surface area contributed by atoms with E-state index in [0.717, 1.165) is 19.4 Å². The Bertz CT molecular complexity index is 43.3. The fourth-order valence-electron chi connectivity index (χ4n) is 0.348. The van der Waals surface area contributed by atoms with E-state index in [2.05, 4.69) is 12.0 Å². The number of nitrogens with two attached hydrogens (primary N) is 1. The molecule has 0 saturated carbocycles. The van der Waals surface area contributed by atoms with E-state index >= 15 is 0 Å². The molecule has 0 saturated heterocycles. The van der Waals surface area contributed by atoms with Crippen LogP contribution in [0.3, 0.4) is 0 Å². The maximum atomic E-state index is 4.98. The molecule has 0 fully saturated rings. The summed E-state index contributed by atoms with van der Waals surface area (Å²) in [5.41, 5.74) is 2.55. The first-order chi connectivity index (χ1) is 3.41. The average Bonchev–Trinajstić information content (AvgIpc) is 1.69. The second-order valence-corrected chi connectivity index (χ2v) is 1.39. The third-order valence-corrected chi connectivity index (χ3v) is 0.729. The Balaban J connectivity index is 2.56. The lowest BCUT2D eigenvalue weighted by molar-refractivity contribution is 0.687. The normalized spacial score (nSPS) is 8.71. The van der Waals surface area contributed by atoms with Crippen molar-refractivity contribution in [1.82, 2.24) is 5.43 Å². The van der Waals surface area contributed by atoms with E-state index in [0.29, 0.717) is 0 Å². The van der Waals surface area contributed by atoms with E-state index in [4.69, 9.17) is 5.84 Å². The summed E-state index contributed by atoms with van der Waals surface area (Å²) in [6.45, 7) is 4.44. The van der Waals surface area contributed by atoms with Crippen molar-refractivity contribution in [2.75, 3.05) is 6.54 Å². The van der Waals surface area contributed by atoms with Gasteiger partial charge in [-0.2, -0.15) is 0 Å². The molecule has 0 aromatic carbocycles. The minimum Gasteiger partial charge on any atom is -0.271 e. The SMILES string of the molecule is C=CCCCNN. The molecule has 0 aliphatic heterocycles. The number of unbranched alkanes of at least 4 members (excludes halogenated alkanes) is 1. The molecule has 0 atom stereocenters. The molecule has 42 valence electrons. The first-order valence-corrected chi connectivity index (χ1v) is 2.46. The molecule has 0 heterocycles. The molecule has 0 unspecified atom stereocenters. The van der Waals surface area contributed by atoms with Gasteiger partial charge in [0.15, 0.2) is 0 Å². The number of rotatable bonds is 4. The Morgan fingerprint density at radius 1 is 1.71 bits per heavy atom. The predicted octanol–water partition coefficient (Wildman–Crippen LogP) is 0.416. The first-order valence-electron chi connectivity index (χ1n) is 2.46. The van der Waals surface area contributed by atoms with Gasteiger partial charge in [0, 0.05) is 6.54 Å². The highest BCUT2D eigenvalue weighted by molar-refractivity contribution is 4.65. The summed E-state index contributed by atoms with van der Waals surface area (Å²) >= 11 is 0. The van der Waals surface area contributed by atoms with Gasteiger partial charge in [-0.25, -0.2) is 0 Å². The van der Waals surface area contributed by atoms with Crippen LogP contribution in [0.1, 0.15) is 12.8 Å². The maximum absolute atomic E-state index is 4.98. The fraction of sp³-hybridized carbons (Fsp3) is 0.600. The van der Waals surface area contributed by atoms with E-state index in [1.54, 1.807) is 0 Å². The third-order valence-electron chi connectivity index (χ3n) is 0.729. The van der Waals surface area contributed by atoms with Crippen LogP contribution in [0, 0.1) is 0 Å². The highest BCUT2D eigenvalue weighted by Gasteiger charge is 1.76. The van der Waals surface area contributed by atoms with Crippen LogP contribution in [-0.2, 0) is 0 Å². The summed E-state index contributed by atoms with van der Waals surface area (Å²) in [5, 5.41) is 0. The molecule has 0 spiro atoms. The largest absolute Gasteiger partial charge is 0.271 e. The van der Waals surface area contributed by atoms with Crippen LogP contribution in [0.25, 0.3) is 0 Å². The highest BCUT2D eigenvalue weighted by Crippen LogP contribution is 1.83. The summed E-state index contributed by atoms with van der Waals surface area (Å²) in [5.74, 6) is 4.98. The zero-order valence-electron chi connectivity index (χ0n) is 4.48. The molecule has 0 rings (SSSR count). The van der Waals surface area contributed by atoms with Crippen LogP contribution in [0.2, 0.25) is 0 Å². The molecule has 0 aromatic rings. The molecule has 0 amide bonds. The number of hydrogen-bond donors (Lipinski definition) is 2. The third kappa shape index (κ3) is 5.66. The molecule has 0 bridgehead atoms. The monoisotopic (exact) mass is 100 g/mol. The van der Waals surface area contributed by atoms with Crippen molar-refractivity contribution in [2.24, 2.45) is 5.84 Å². The van der Waals surface area contributed by atoms with Gasteiger partial charge in [0.1, 0.15) is 0 Å². The predicted molar refractivity (Wildman–Crippen MR) is 31.6 cm³/mol. The minimum absolute atomic E-state index is 0.881. The zero-order chi connectivity index (χ0) is 5.54. The van der Waals surface area contributed by atoms with Crippen LogP contribution in [-0.4, -0.2) is 6.54 Å². The lowest BCUT2D eigenvalue weighted by atomic mass is 10.3. The summed E-state index contributed by atoms with van der Waals surface area (Å²) in [7, 11) is 0. The van der Waals surface area contributed by atoms with Crippen LogP contribution < -0.4 is 11.3 Å². The van der Waals surface area contributed by atoms with Gasteiger partial charge in [-0.05, 0) is 12.8 Å². The van der Waals surface area contributed by atoms with Gasteiger partial charge in [0.2, 0.25) is 0 Å². The molecule has 0 aliphatic rings. The lowest BCUT2D eigenvalue weighted by Gasteiger charge is -1.91. The van der Waals surface area contributed by atoms with E-state index in [-0.39, 0.29) is 0 Å². The quantitative estimate of drug-likeness (QED) is 0.232. The molecule has 0 radical (unpaired) electrons. The van der Waals surface area contributed by atoms with Crippen molar-refractivity contribution in [1.29, 1.82) is 0 Å². The van der Waals surface area contributed by atoms with Crippen molar-refractivity contribution < 1.29 is 0 Å². The van der Waals surface area contributed by atoms with Gasteiger partial charge >= 0.3 is 0 Å². The number of allylic oxidation sites excluding steroid dienone is 1. The Hall–Kier alpha value is -0.340. The van der Waals surface area contributed by atoms with E-state index < -0.39 is 0 Å². The maximum Gasteiger partial charge on any atom is 0.0100 e. The summed E-state index contributed by atoms with van der Waals surface area (Å²) in [6, 6.07) is 0. The Kier molecular flexibility index (Phi) is 5.39. The van der Waals surface area contributed by atoms with E-state index in [9.17, 15) is 0 Å². The van der Waals surface area contributed by atoms with E-state index in [1.807, 2.05) is 6.08 Å². The number of nitrogens with one attached hydrogen (secondary N) is 1. The van der Waals surface area contributed by atoms with Crippen LogP contribution in [0.4, 0.5) is 0 Å². The average molecular weight is 100 g/mol. The number of hydrogen-bond acceptors (Lipinski definition) is 2. The molecule has 3 N–H and O–H groups in total. The van der Waals surface area contributed by atoms with Gasteiger partial charge in [-0.1, -0.05) is 6.08 Å². The Morgan fingerprint density at radius 3 is 2.86 bits per heavy atom. The minimum atomic E-state index is 0.881. The number of hydrazine groups is 1. The van der Waals surface area contributed by atoms with Crippen LogP contribution >= 0.6 is 0 Å². The molecule has 0 aliphatic carbocycles. The highest BCUT2D eigenvalue weighted by atomic mass is 15.2. The van der Waals surface area contributed by atoms with Gasteiger partial charge in [-0.3, -0.25) is 11.3 Å². The van der Waals surface area contributed by atoms with E-state index in [1.165, 1.54) is 0 Å². The molecular weight excluding hydrogens is 88.1 g/mol. The Morgan fingerprint density at radius 2 is 2.43 bits per heavy atom. The second-order valence-electron chi connectivity index (χ2n) is 1.39. The fourth-order valence-corrected chi connectivity index (χ4v) is 0.348. The first kappa shape index (κ1) is 6.66. The van der Waals surface area contributed by atoms with Gasteiger partial charge in [0.05, 0.1) is 0 Å². The van der Waals surface area contributed by atoms with Gasteiger partial charge in [0.25, 0.3) is 0 Å². The molecule has 7 heavy (non-hydrogen) atoms. The summed E-state index contributed by atoms with van der Waals surface area (Å²) in [6.07, 6.45) is 4.02. The van der Waals surface area contributed by atoms with Crippen molar-refractivity contribution >= 4 is 0 Å². The van der Waals surface area contributed by atoms with Gasteiger partial charge < -0.3 is 0 Å². The van der Waals surface area contributed by atoms with Gasteiger partial charge in [-0.15, -0.1) is 6.58 Å². The lowest BCUT2D eigenvalue weighted by Crippen LogP contribution is -2.22. The molecular formula is C5H12N2. The Labute approximate surface area is 44.4 Å². The smallest absolute Gasteiger partial charge is 0.0100 e. The van der Waals surface area contributed by atoms with Crippen molar-refractivity contribution in [2.45, 2.75) is 12.8 Å². The molecule has 2 heteroatoms. The summed E-state index contributed by atoms with van der Waals surface area (Å²) in [4.78, 5) is 0. The van der Waals surface area contributed by atoms with Crippen molar-refractivity contribution in [3.63, 3.8) is 0 Å². The molecule has 0 aromatic heterocycles. The van der Waals surface area contributed by atoms with Crippen molar-refractivity contribution in [3.05, 3.63) is 12.7 Å². The second kappa shape index (κ2) is 5.66. The summed E-state index contributed by atoms with van der Waals surface area (Å²) < 4.78 is 0. The zero-order valence-corrected chi connectivity index (χ0v) is 4.48. The topological polar surface area (TPSA) is 38.0 Å². The van der Waals surface area contributed by atoms with Crippen LogP contribution in [0.5, 0.6) is 0 Å². The standard InChI is InChI=1S/C5H12N2/c1-2-3-4-5-7-6/h2,7H,1,3-6H2. The van der Waals surface area contributed by atoms with Crippen LogP contribution in [0.15, 0.2) is 12.7 Å².